The van der Waals surface area contributed by atoms with E-state index in [9.17, 15) is 14.3 Å². The number of rotatable bonds is 4. The van der Waals surface area contributed by atoms with Gasteiger partial charge in [-0.25, -0.2) is 4.98 Å². The molecule has 2 rings (SSSR count). The van der Waals surface area contributed by atoms with Crippen molar-refractivity contribution < 1.29 is 14.3 Å². The number of hydrogen-bond donors (Lipinski definition) is 2. The number of aromatic nitrogens is 1. The fourth-order valence-electron chi connectivity index (χ4n) is 1.69. The number of carbonyl (C=O) groups excluding carboxylic acids is 1. The van der Waals surface area contributed by atoms with Gasteiger partial charge in [0.15, 0.2) is 0 Å². The van der Waals surface area contributed by atoms with Crippen LogP contribution in [0.2, 0.25) is 0 Å². The lowest BCUT2D eigenvalue weighted by molar-refractivity contribution is 0.0910. The third-order valence-corrected chi connectivity index (χ3v) is 2.64. The standard InChI is InChI=1S/C14H13FN2O2/c15-13-8-4-7-11(16-13)14(19)17-12(9-18)10-5-2-1-3-6-10/h1-8,12,18H,9H2,(H,17,19). The van der Waals surface area contributed by atoms with Crippen molar-refractivity contribution in [3.63, 3.8) is 0 Å². The molecule has 0 fully saturated rings. The number of aliphatic hydroxyl groups excluding tert-OH is 1. The van der Waals surface area contributed by atoms with Crippen molar-refractivity contribution in [2.45, 2.75) is 6.04 Å². The van der Waals surface area contributed by atoms with Gasteiger partial charge < -0.3 is 10.4 Å². The van der Waals surface area contributed by atoms with Crippen LogP contribution in [0.5, 0.6) is 0 Å². The smallest absolute Gasteiger partial charge is 0.270 e. The van der Waals surface area contributed by atoms with Crippen LogP contribution in [-0.4, -0.2) is 22.6 Å². The van der Waals surface area contributed by atoms with Crippen molar-refractivity contribution in [3.8, 4) is 0 Å². The molecule has 2 N–H and O–H groups in total. The molecule has 0 saturated heterocycles. The lowest BCUT2D eigenvalue weighted by atomic mass is 10.1. The Morgan fingerprint density at radius 3 is 2.58 bits per heavy atom. The summed E-state index contributed by atoms with van der Waals surface area (Å²) in [6.45, 7) is -0.245. The Kier molecular flexibility index (Phi) is 4.20. The predicted octanol–water partition coefficient (Wildman–Crippen LogP) is 1.68. The Morgan fingerprint density at radius 2 is 1.95 bits per heavy atom. The van der Waals surface area contributed by atoms with Gasteiger partial charge in [-0.15, -0.1) is 0 Å². The highest BCUT2D eigenvalue weighted by molar-refractivity contribution is 5.92. The molecular weight excluding hydrogens is 247 g/mol. The summed E-state index contributed by atoms with van der Waals surface area (Å²) in [5, 5.41) is 11.9. The van der Waals surface area contributed by atoms with Gasteiger partial charge in [-0.3, -0.25) is 4.79 Å². The van der Waals surface area contributed by atoms with Crippen molar-refractivity contribution in [1.82, 2.24) is 10.3 Å². The molecule has 0 radical (unpaired) electrons. The van der Waals surface area contributed by atoms with E-state index >= 15 is 0 Å². The molecule has 0 aliphatic carbocycles. The Labute approximate surface area is 109 Å². The molecule has 0 spiro atoms. The predicted molar refractivity (Wildman–Crippen MR) is 67.9 cm³/mol. The van der Waals surface area contributed by atoms with Crippen LogP contribution in [0, 0.1) is 5.95 Å². The second-order valence-corrected chi connectivity index (χ2v) is 3.96. The second kappa shape index (κ2) is 6.06. The third-order valence-electron chi connectivity index (χ3n) is 2.64. The van der Waals surface area contributed by atoms with Crippen LogP contribution in [0.1, 0.15) is 22.1 Å². The summed E-state index contributed by atoms with van der Waals surface area (Å²) < 4.78 is 12.9. The molecule has 4 nitrogen and oxygen atoms in total. The number of halogens is 1. The largest absolute Gasteiger partial charge is 0.394 e. The van der Waals surface area contributed by atoms with Crippen molar-refractivity contribution in [2.24, 2.45) is 0 Å². The second-order valence-electron chi connectivity index (χ2n) is 3.96. The lowest BCUT2D eigenvalue weighted by Crippen LogP contribution is -2.31. The van der Waals surface area contributed by atoms with E-state index in [4.69, 9.17) is 0 Å². The van der Waals surface area contributed by atoms with Gasteiger partial charge >= 0.3 is 0 Å². The van der Waals surface area contributed by atoms with Crippen LogP contribution in [0.25, 0.3) is 0 Å². The third kappa shape index (κ3) is 3.35. The highest BCUT2D eigenvalue weighted by atomic mass is 19.1. The van der Waals surface area contributed by atoms with Gasteiger partial charge in [-0.1, -0.05) is 36.4 Å². The number of amides is 1. The zero-order valence-electron chi connectivity index (χ0n) is 10.1. The number of aliphatic hydroxyl groups is 1. The van der Waals surface area contributed by atoms with Crippen molar-refractivity contribution >= 4 is 5.91 Å². The molecule has 1 atom stereocenters. The van der Waals surface area contributed by atoms with Gasteiger partial charge in [0, 0.05) is 0 Å². The number of pyridine rings is 1. The average Bonchev–Trinajstić information content (AvgIpc) is 2.45. The fraction of sp³-hybridized carbons (Fsp3) is 0.143. The van der Waals surface area contributed by atoms with Gasteiger partial charge in [0.05, 0.1) is 12.6 Å². The maximum atomic E-state index is 12.9. The lowest BCUT2D eigenvalue weighted by Gasteiger charge is -2.16. The summed E-state index contributed by atoms with van der Waals surface area (Å²) in [5.41, 5.74) is 0.754. The van der Waals surface area contributed by atoms with E-state index in [1.165, 1.54) is 12.1 Å². The molecule has 5 heteroatoms. The molecule has 1 amide bonds. The average molecular weight is 260 g/mol. The van der Waals surface area contributed by atoms with E-state index in [2.05, 4.69) is 10.3 Å². The molecule has 0 aliphatic rings. The topological polar surface area (TPSA) is 62.2 Å². The minimum Gasteiger partial charge on any atom is -0.394 e. The summed E-state index contributed by atoms with van der Waals surface area (Å²) in [5.74, 6) is -1.24. The molecule has 98 valence electrons. The van der Waals surface area contributed by atoms with Crippen LogP contribution in [-0.2, 0) is 0 Å². The number of carbonyl (C=O) groups is 1. The van der Waals surface area contributed by atoms with Crippen LogP contribution in [0.3, 0.4) is 0 Å². The van der Waals surface area contributed by atoms with Crippen molar-refractivity contribution in [2.75, 3.05) is 6.61 Å². The zero-order valence-corrected chi connectivity index (χ0v) is 10.1. The zero-order chi connectivity index (χ0) is 13.7. The van der Waals surface area contributed by atoms with Crippen LogP contribution >= 0.6 is 0 Å². The van der Waals surface area contributed by atoms with Gasteiger partial charge in [-0.05, 0) is 17.7 Å². The van der Waals surface area contributed by atoms with E-state index in [0.717, 1.165) is 11.6 Å². The van der Waals surface area contributed by atoms with Crippen LogP contribution in [0.15, 0.2) is 48.5 Å². The molecule has 1 aromatic carbocycles. The van der Waals surface area contributed by atoms with E-state index in [-0.39, 0.29) is 12.3 Å². The molecule has 1 unspecified atom stereocenters. The minimum atomic E-state index is -0.715. The first-order valence-corrected chi connectivity index (χ1v) is 5.80. The first-order valence-electron chi connectivity index (χ1n) is 5.80. The highest BCUT2D eigenvalue weighted by Crippen LogP contribution is 2.12. The first-order chi connectivity index (χ1) is 9.20. The van der Waals surface area contributed by atoms with E-state index in [1.807, 2.05) is 18.2 Å². The van der Waals surface area contributed by atoms with Crippen LogP contribution < -0.4 is 5.32 Å². The SMILES string of the molecule is O=C(NC(CO)c1ccccc1)c1cccc(F)n1. The molecular formula is C14H13FN2O2. The molecule has 0 bridgehead atoms. The Morgan fingerprint density at radius 1 is 1.21 bits per heavy atom. The maximum Gasteiger partial charge on any atom is 0.270 e. The molecule has 2 aromatic rings. The normalized spacial score (nSPS) is 11.9. The number of nitrogens with zero attached hydrogens (tertiary/aromatic N) is 1. The van der Waals surface area contributed by atoms with Gasteiger partial charge in [0.25, 0.3) is 5.91 Å². The maximum absolute atomic E-state index is 12.9. The minimum absolute atomic E-state index is 0.0191. The van der Waals surface area contributed by atoms with Gasteiger partial charge in [0.1, 0.15) is 5.69 Å². The van der Waals surface area contributed by atoms with Crippen molar-refractivity contribution in [3.05, 3.63) is 65.7 Å². The van der Waals surface area contributed by atoms with Crippen molar-refractivity contribution in [1.29, 1.82) is 0 Å². The Bertz CT molecular complexity index is 560. The van der Waals surface area contributed by atoms with E-state index in [0.29, 0.717) is 0 Å². The van der Waals surface area contributed by atoms with Crippen LogP contribution in [0.4, 0.5) is 4.39 Å². The quantitative estimate of drug-likeness (QED) is 0.822. The number of nitrogens with one attached hydrogen (secondary N) is 1. The highest BCUT2D eigenvalue weighted by Gasteiger charge is 2.15. The summed E-state index contributed by atoms with van der Waals surface area (Å²) in [4.78, 5) is 15.4. The summed E-state index contributed by atoms with van der Waals surface area (Å²) in [6, 6.07) is 12.5. The summed E-state index contributed by atoms with van der Waals surface area (Å²) in [6.07, 6.45) is 0. The monoisotopic (exact) mass is 260 g/mol. The molecule has 1 heterocycles. The molecule has 19 heavy (non-hydrogen) atoms. The summed E-state index contributed by atoms with van der Waals surface area (Å²) >= 11 is 0. The Balaban J connectivity index is 2.13. The summed E-state index contributed by atoms with van der Waals surface area (Å²) in [7, 11) is 0. The van der Waals surface area contributed by atoms with E-state index in [1.54, 1.807) is 12.1 Å². The van der Waals surface area contributed by atoms with Gasteiger partial charge in [0.2, 0.25) is 5.95 Å². The Hall–Kier alpha value is -2.27. The first kappa shape index (κ1) is 13.2. The number of benzene rings is 1. The fourth-order valence-corrected chi connectivity index (χ4v) is 1.69. The van der Waals surface area contributed by atoms with E-state index < -0.39 is 17.9 Å². The molecule has 0 aliphatic heterocycles. The molecule has 1 aromatic heterocycles. The number of hydrogen-bond acceptors (Lipinski definition) is 3. The van der Waals surface area contributed by atoms with Gasteiger partial charge in [-0.2, -0.15) is 4.39 Å². The molecule has 0 saturated carbocycles.